The van der Waals surface area contributed by atoms with Gasteiger partial charge in [0.2, 0.25) is 0 Å². The predicted molar refractivity (Wildman–Crippen MR) is 68.4 cm³/mol. The summed E-state index contributed by atoms with van der Waals surface area (Å²) < 4.78 is 1.88. The fourth-order valence-electron chi connectivity index (χ4n) is 1.64. The molecule has 0 radical (unpaired) electrons. The molecule has 0 amide bonds. The number of hydrogen-bond acceptors (Lipinski definition) is 2. The summed E-state index contributed by atoms with van der Waals surface area (Å²) in [5.41, 5.74) is 2.26. The van der Waals surface area contributed by atoms with Crippen molar-refractivity contribution in [3.8, 4) is 0 Å². The maximum absolute atomic E-state index is 10.6. The van der Waals surface area contributed by atoms with E-state index in [1.54, 1.807) is 12.1 Å². The quantitative estimate of drug-likeness (QED) is 0.628. The Morgan fingerprint density at radius 3 is 2.88 bits per heavy atom. The Kier molecular flexibility index (Phi) is 3.36. The number of nitro benzene ring substituents is 1. The van der Waals surface area contributed by atoms with Crippen LogP contribution in [0, 0.1) is 10.1 Å². The van der Waals surface area contributed by atoms with E-state index in [2.05, 4.69) is 0 Å². The minimum absolute atomic E-state index is 0.0780. The van der Waals surface area contributed by atoms with Gasteiger partial charge in [-0.2, -0.15) is 0 Å². The largest absolute Gasteiger partial charge is 0.342 e. The van der Waals surface area contributed by atoms with Gasteiger partial charge in [0.05, 0.1) is 11.5 Å². The molecule has 0 aliphatic heterocycles. The SMILES string of the molecule is O=[N+]([O-])c1ccc2c(ccn2C/C(Cl)=C/Cl)c1. The normalized spacial score (nSPS) is 12.0. The van der Waals surface area contributed by atoms with Gasteiger partial charge in [-0.1, -0.05) is 23.2 Å². The third-order valence-corrected chi connectivity index (χ3v) is 3.01. The van der Waals surface area contributed by atoms with Gasteiger partial charge in [-0.15, -0.1) is 0 Å². The van der Waals surface area contributed by atoms with Gasteiger partial charge in [0.1, 0.15) is 0 Å². The van der Waals surface area contributed by atoms with Gasteiger partial charge in [-0.05, 0) is 12.1 Å². The van der Waals surface area contributed by atoms with Crippen LogP contribution < -0.4 is 0 Å². The Morgan fingerprint density at radius 1 is 1.47 bits per heavy atom. The highest BCUT2D eigenvalue weighted by Gasteiger charge is 2.08. The molecule has 2 aromatic rings. The Bertz CT molecular complexity index is 605. The molecule has 0 aliphatic rings. The summed E-state index contributed by atoms with van der Waals surface area (Å²) in [6.45, 7) is 0.451. The molecule has 0 spiro atoms. The highest BCUT2D eigenvalue weighted by atomic mass is 35.5. The summed E-state index contributed by atoms with van der Waals surface area (Å²) in [6.07, 6.45) is 1.82. The summed E-state index contributed by atoms with van der Waals surface area (Å²) in [7, 11) is 0. The first-order chi connectivity index (χ1) is 8.11. The molecule has 17 heavy (non-hydrogen) atoms. The van der Waals surface area contributed by atoms with Gasteiger partial charge in [-0.3, -0.25) is 10.1 Å². The Hall–Kier alpha value is -1.52. The van der Waals surface area contributed by atoms with Crippen molar-refractivity contribution < 1.29 is 4.92 Å². The van der Waals surface area contributed by atoms with Crippen molar-refractivity contribution in [1.29, 1.82) is 0 Å². The second-order valence-electron chi connectivity index (χ2n) is 3.50. The van der Waals surface area contributed by atoms with Crippen molar-refractivity contribution in [1.82, 2.24) is 4.57 Å². The molecule has 0 aliphatic carbocycles. The van der Waals surface area contributed by atoms with Crippen molar-refractivity contribution in [2.24, 2.45) is 0 Å². The van der Waals surface area contributed by atoms with E-state index in [4.69, 9.17) is 23.2 Å². The minimum Gasteiger partial charge on any atom is -0.342 e. The molecule has 0 fully saturated rings. The Labute approximate surface area is 107 Å². The van der Waals surface area contributed by atoms with Crippen LogP contribution in [-0.2, 0) is 6.54 Å². The molecular weight excluding hydrogens is 263 g/mol. The smallest absolute Gasteiger partial charge is 0.270 e. The maximum atomic E-state index is 10.6. The first-order valence-electron chi connectivity index (χ1n) is 4.80. The molecule has 0 saturated carbocycles. The molecular formula is C11H8Cl2N2O2. The zero-order chi connectivity index (χ0) is 12.4. The highest BCUT2D eigenvalue weighted by Crippen LogP contribution is 2.23. The number of rotatable bonds is 3. The molecule has 0 saturated heterocycles. The predicted octanol–water partition coefficient (Wildman–Crippen LogP) is 3.87. The number of nitro groups is 1. The van der Waals surface area contributed by atoms with E-state index in [1.165, 1.54) is 17.7 Å². The van der Waals surface area contributed by atoms with Gasteiger partial charge < -0.3 is 4.57 Å². The Morgan fingerprint density at radius 2 is 2.24 bits per heavy atom. The first kappa shape index (κ1) is 12.0. The van der Waals surface area contributed by atoms with Gasteiger partial charge >= 0.3 is 0 Å². The zero-order valence-corrected chi connectivity index (χ0v) is 10.1. The molecule has 2 rings (SSSR count). The molecule has 0 N–H and O–H groups in total. The summed E-state index contributed by atoms with van der Waals surface area (Å²) in [6, 6.07) is 6.51. The van der Waals surface area contributed by atoms with E-state index < -0.39 is 4.92 Å². The second kappa shape index (κ2) is 4.77. The lowest BCUT2D eigenvalue weighted by molar-refractivity contribution is -0.384. The van der Waals surface area contributed by atoms with E-state index in [0.717, 1.165) is 10.9 Å². The van der Waals surface area contributed by atoms with E-state index in [1.807, 2.05) is 10.8 Å². The van der Waals surface area contributed by atoms with Gasteiger partial charge in [0.15, 0.2) is 0 Å². The number of nitrogens with zero attached hydrogens (tertiary/aromatic N) is 2. The van der Waals surface area contributed by atoms with Crippen LogP contribution in [-0.4, -0.2) is 9.49 Å². The fourth-order valence-corrected chi connectivity index (χ4v) is 1.83. The number of fused-ring (bicyclic) bond motifs is 1. The molecule has 0 atom stereocenters. The van der Waals surface area contributed by atoms with Crippen LogP contribution in [0.2, 0.25) is 0 Å². The summed E-state index contributed by atoms with van der Waals surface area (Å²) >= 11 is 11.3. The number of aromatic nitrogens is 1. The van der Waals surface area contributed by atoms with Gasteiger partial charge in [-0.25, -0.2) is 0 Å². The van der Waals surface area contributed by atoms with Crippen LogP contribution in [0.4, 0.5) is 5.69 Å². The van der Waals surface area contributed by atoms with Gasteiger partial charge in [0.25, 0.3) is 5.69 Å². The number of non-ortho nitro benzene ring substituents is 1. The lowest BCUT2D eigenvalue weighted by Gasteiger charge is -2.03. The monoisotopic (exact) mass is 270 g/mol. The second-order valence-corrected chi connectivity index (χ2v) is 4.20. The third kappa shape index (κ3) is 2.43. The minimum atomic E-state index is -0.414. The summed E-state index contributed by atoms with van der Waals surface area (Å²) in [4.78, 5) is 10.2. The molecule has 0 bridgehead atoms. The average Bonchev–Trinajstić information content (AvgIpc) is 2.71. The van der Waals surface area contributed by atoms with Crippen LogP contribution in [0.5, 0.6) is 0 Å². The van der Waals surface area contributed by atoms with Gasteiger partial charge in [0, 0.05) is 39.8 Å². The van der Waals surface area contributed by atoms with Crippen molar-refractivity contribution in [3.05, 3.63) is 51.1 Å². The molecule has 6 heteroatoms. The number of allylic oxidation sites excluding steroid dienone is 1. The lowest BCUT2D eigenvalue weighted by Crippen LogP contribution is -1.95. The molecule has 88 valence electrons. The highest BCUT2D eigenvalue weighted by molar-refractivity contribution is 6.36. The first-order valence-corrected chi connectivity index (χ1v) is 5.61. The van der Waals surface area contributed by atoms with E-state index in [-0.39, 0.29) is 5.69 Å². The van der Waals surface area contributed by atoms with Crippen LogP contribution in [0.15, 0.2) is 41.0 Å². The molecule has 4 nitrogen and oxygen atoms in total. The van der Waals surface area contributed by atoms with Crippen molar-refractivity contribution in [3.63, 3.8) is 0 Å². The van der Waals surface area contributed by atoms with E-state index in [0.29, 0.717) is 11.6 Å². The third-order valence-electron chi connectivity index (χ3n) is 2.41. The Balaban J connectivity index is 2.45. The number of halogens is 2. The van der Waals surface area contributed by atoms with Crippen LogP contribution >= 0.6 is 23.2 Å². The van der Waals surface area contributed by atoms with Crippen molar-refractivity contribution >= 4 is 39.8 Å². The molecule has 0 unspecified atom stereocenters. The molecule has 1 aromatic heterocycles. The number of benzene rings is 1. The fraction of sp³-hybridized carbons (Fsp3) is 0.0909. The van der Waals surface area contributed by atoms with Crippen LogP contribution in [0.25, 0.3) is 10.9 Å². The standard InChI is InChI=1S/C11H8Cl2N2O2/c12-6-9(13)7-14-4-3-8-5-10(15(16)17)1-2-11(8)14/h1-6H,7H2/b9-6-. The van der Waals surface area contributed by atoms with E-state index in [9.17, 15) is 10.1 Å². The van der Waals surface area contributed by atoms with Crippen molar-refractivity contribution in [2.45, 2.75) is 6.54 Å². The number of hydrogen-bond donors (Lipinski definition) is 0. The average molecular weight is 271 g/mol. The van der Waals surface area contributed by atoms with Crippen LogP contribution in [0.3, 0.4) is 0 Å². The van der Waals surface area contributed by atoms with Crippen molar-refractivity contribution in [2.75, 3.05) is 0 Å². The topological polar surface area (TPSA) is 48.1 Å². The lowest BCUT2D eigenvalue weighted by atomic mass is 10.2. The summed E-state index contributed by atoms with van der Waals surface area (Å²) in [5.74, 6) is 0. The van der Waals surface area contributed by atoms with Crippen LogP contribution in [0.1, 0.15) is 0 Å². The maximum Gasteiger partial charge on any atom is 0.270 e. The van der Waals surface area contributed by atoms with E-state index >= 15 is 0 Å². The zero-order valence-electron chi connectivity index (χ0n) is 8.64. The molecule has 1 heterocycles. The summed E-state index contributed by atoms with van der Waals surface area (Å²) in [5, 5.41) is 11.9. The molecule has 1 aromatic carbocycles.